The summed E-state index contributed by atoms with van der Waals surface area (Å²) in [5.74, 6) is 0.259. The van der Waals surface area contributed by atoms with E-state index in [2.05, 4.69) is 39.0 Å². The van der Waals surface area contributed by atoms with E-state index in [-0.39, 0.29) is 11.2 Å². The van der Waals surface area contributed by atoms with Gasteiger partial charge in [-0.25, -0.2) is 0 Å². The SMILES string of the molecule is CCC(CC(=O)Cl)c1cc(C)ccc1C. The molecule has 1 aromatic rings. The molecule has 0 aliphatic carbocycles. The Labute approximate surface area is 96.5 Å². The van der Waals surface area contributed by atoms with Gasteiger partial charge in [0.1, 0.15) is 0 Å². The van der Waals surface area contributed by atoms with Crippen molar-refractivity contribution in [2.75, 3.05) is 0 Å². The fraction of sp³-hybridized carbons (Fsp3) is 0.462. The lowest BCUT2D eigenvalue weighted by molar-refractivity contribution is -0.112. The van der Waals surface area contributed by atoms with E-state index in [0.29, 0.717) is 6.42 Å². The van der Waals surface area contributed by atoms with Crippen molar-refractivity contribution in [2.45, 2.75) is 39.5 Å². The molecule has 0 saturated carbocycles. The van der Waals surface area contributed by atoms with Crippen LogP contribution in [0.25, 0.3) is 0 Å². The van der Waals surface area contributed by atoms with Crippen LogP contribution in [0.15, 0.2) is 18.2 Å². The molecule has 0 saturated heterocycles. The molecule has 0 fully saturated rings. The minimum Gasteiger partial charge on any atom is -0.281 e. The molecule has 1 rings (SSSR count). The van der Waals surface area contributed by atoms with E-state index in [0.717, 1.165) is 6.42 Å². The Balaban J connectivity index is 3.00. The Morgan fingerprint density at radius 1 is 1.40 bits per heavy atom. The lowest BCUT2D eigenvalue weighted by atomic mass is 9.89. The highest BCUT2D eigenvalue weighted by Crippen LogP contribution is 2.27. The average molecular weight is 225 g/mol. The van der Waals surface area contributed by atoms with Crippen LogP contribution in [-0.4, -0.2) is 5.24 Å². The van der Waals surface area contributed by atoms with Crippen molar-refractivity contribution in [3.05, 3.63) is 34.9 Å². The normalized spacial score (nSPS) is 12.5. The molecular weight excluding hydrogens is 208 g/mol. The summed E-state index contributed by atoms with van der Waals surface area (Å²) < 4.78 is 0. The molecule has 15 heavy (non-hydrogen) atoms. The van der Waals surface area contributed by atoms with Gasteiger partial charge in [-0.1, -0.05) is 30.7 Å². The molecule has 0 heterocycles. The first kappa shape index (κ1) is 12.3. The van der Waals surface area contributed by atoms with Crippen molar-refractivity contribution in [1.82, 2.24) is 0 Å². The van der Waals surface area contributed by atoms with Crippen LogP contribution in [0.1, 0.15) is 42.4 Å². The Morgan fingerprint density at radius 2 is 2.07 bits per heavy atom. The number of hydrogen-bond donors (Lipinski definition) is 0. The van der Waals surface area contributed by atoms with E-state index in [4.69, 9.17) is 11.6 Å². The van der Waals surface area contributed by atoms with E-state index < -0.39 is 0 Å². The average Bonchev–Trinajstić information content (AvgIpc) is 2.18. The predicted octanol–water partition coefficient (Wildman–Crippen LogP) is 3.95. The quantitative estimate of drug-likeness (QED) is 0.708. The third-order valence-corrected chi connectivity index (χ3v) is 2.93. The molecule has 0 spiro atoms. The van der Waals surface area contributed by atoms with Gasteiger partial charge in [0.05, 0.1) is 0 Å². The molecule has 1 atom stereocenters. The topological polar surface area (TPSA) is 17.1 Å². The number of halogens is 1. The zero-order valence-electron chi connectivity index (χ0n) is 9.51. The first-order valence-electron chi connectivity index (χ1n) is 5.30. The summed E-state index contributed by atoms with van der Waals surface area (Å²) in [5, 5.41) is -0.247. The van der Waals surface area contributed by atoms with Gasteiger partial charge in [-0.05, 0) is 48.9 Å². The highest BCUT2D eigenvalue weighted by molar-refractivity contribution is 6.63. The van der Waals surface area contributed by atoms with Gasteiger partial charge < -0.3 is 0 Å². The van der Waals surface area contributed by atoms with Crippen LogP contribution < -0.4 is 0 Å². The highest BCUT2D eigenvalue weighted by Gasteiger charge is 2.14. The Hall–Kier alpha value is -0.820. The molecule has 0 aliphatic heterocycles. The second-order valence-electron chi connectivity index (χ2n) is 4.02. The number of rotatable bonds is 4. The van der Waals surface area contributed by atoms with Gasteiger partial charge in [0.25, 0.3) is 0 Å². The maximum absolute atomic E-state index is 10.9. The summed E-state index contributed by atoms with van der Waals surface area (Å²) in [6.07, 6.45) is 1.38. The lowest BCUT2D eigenvalue weighted by Crippen LogP contribution is -2.04. The zero-order chi connectivity index (χ0) is 11.4. The van der Waals surface area contributed by atoms with Gasteiger partial charge >= 0.3 is 0 Å². The van der Waals surface area contributed by atoms with E-state index >= 15 is 0 Å². The van der Waals surface area contributed by atoms with Crippen LogP contribution in [0.4, 0.5) is 0 Å². The smallest absolute Gasteiger partial charge is 0.222 e. The summed E-state index contributed by atoms with van der Waals surface area (Å²) >= 11 is 5.45. The van der Waals surface area contributed by atoms with Gasteiger partial charge in [0.2, 0.25) is 5.24 Å². The van der Waals surface area contributed by atoms with E-state index in [9.17, 15) is 4.79 Å². The van der Waals surface area contributed by atoms with E-state index in [1.165, 1.54) is 16.7 Å². The van der Waals surface area contributed by atoms with Crippen LogP contribution in [0.3, 0.4) is 0 Å². The molecule has 0 aliphatic rings. The first-order valence-corrected chi connectivity index (χ1v) is 5.67. The second-order valence-corrected chi connectivity index (χ2v) is 4.45. The standard InChI is InChI=1S/C13H17ClO/c1-4-11(8-13(14)15)12-7-9(2)5-6-10(12)3/h5-7,11H,4,8H2,1-3H3. The lowest BCUT2D eigenvalue weighted by Gasteiger charge is -2.16. The van der Waals surface area contributed by atoms with Crippen LogP contribution in [-0.2, 0) is 4.79 Å². The molecule has 0 N–H and O–H groups in total. The molecule has 0 amide bonds. The Bertz CT molecular complexity index is 358. The molecular formula is C13H17ClO. The van der Waals surface area contributed by atoms with Gasteiger partial charge in [-0.2, -0.15) is 0 Å². The van der Waals surface area contributed by atoms with Crippen LogP contribution in [0.2, 0.25) is 0 Å². The number of hydrogen-bond acceptors (Lipinski definition) is 1. The number of benzene rings is 1. The molecule has 82 valence electrons. The van der Waals surface area contributed by atoms with Crippen LogP contribution >= 0.6 is 11.6 Å². The van der Waals surface area contributed by atoms with E-state index in [1.54, 1.807) is 0 Å². The van der Waals surface area contributed by atoms with Gasteiger partial charge in [-0.15, -0.1) is 0 Å². The van der Waals surface area contributed by atoms with Crippen molar-refractivity contribution in [1.29, 1.82) is 0 Å². The maximum Gasteiger partial charge on any atom is 0.222 e. The van der Waals surface area contributed by atoms with Crippen molar-refractivity contribution in [3.8, 4) is 0 Å². The number of carbonyl (C=O) groups is 1. The summed E-state index contributed by atoms with van der Waals surface area (Å²) in [7, 11) is 0. The molecule has 1 aromatic carbocycles. The Kier molecular flexibility index (Phi) is 4.34. The summed E-state index contributed by atoms with van der Waals surface area (Å²) in [5.41, 5.74) is 3.73. The van der Waals surface area contributed by atoms with E-state index in [1.807, 2.05) is 0 Å². The molecule has 1 unspecified atom stereocenters. The number of aryl methyl sites for hydroxylation is 2. The summed E-state index contributed by atoms with van der Waals surface area (Å²) in [6.45, 7) is 6.24. The predicted molar refractivity (Wildman–Crippen MR) is 64.4 cm³/mol. The molecule has 2 heteroatoms. The van der Waals surface area contributed by atoms with Gasteiger partial charge in [0, 0.05) is 6.42 Å². The van der Waals surface area contributed by atoms with Crippen molar-refractivity contribution >= 4 is 16.8 Å². The summed E-state index contributed by atoms with van der Waals surface area (Å²) in [4.78, 5) is 10.9. The zero-order valence-corrected chi connectivity index (χ0v) is 10.3. The number of carbonyl (C=O) groups excluding carboxylic acids is 1. The summed E-state index contributed by atoms with van der Waals surface area (Å²) in [6, 6.07) is 6.35. The molecule has 0 radical (unpaired) electrons. The van der Waals surface area contributed by atoms with Crippen LogP contribution in [0, 0.1) is 13.8 Å². The van der Waals surface area contributed by atoms with Gasteiger partial charge in [0.15, 0.2) is 0 Å². The fourth-order valence-corrected chi connectivity index (χ4v) is 2.05. The largest absolute Gasteiger partial charge is 0.281 e. The van der Waals surface area contributed by atoms with Crippen molar-refractivity contribution < 1.29 is 4.79 Å². The molecule has 1 nitrogen and oxygen atoms in total. The molecule has 0 aromatic heterocycles. The highest BCUT2D eigenvalue weighted by atomic mass is 35.5. The fourth-order valence-electron chi connectivity index (χ4n) is 1.87. The minimum atomic E-state index is -0.247. The third kappa shape index (κ3) is 3.35. The van der Waals surface area contributed by atoms with Crippen LogP contribution in [0.5, 0.6) is 0 Å². The maximum atomic E-state index is 10.9. The first-order chi connectivity index (χ1) is 7.04. The second kappa shape index (κ2) is 5.32. The van der Waals surface area contributed by atoms with Crippen molar-refractivity contribution in [3.63, 3.8) is 0 Å². The van der Waals surface area contributed by atoms with Gasteiger partial charge in [-0.3, -0.25) is 4.79 Å². The minimum absolute atomic E-state index is 0.247. The third-order valence-electron chi connectivity index (χ3n) is 2.77. The monoisotopic (exact) mass is 224 g/mol. The van der Waals surface area contributed by atoms with Crippen molar-refractivity contribution in [2.24, 2.45) is 0 Å². The molecule has 0 bridgehead atoms. The Morgan fingerprint density at radius 3 is 2.60 bits per heavy atom.